The van der Waals surface area contributed by atoms with Crippen LogP contribution in [0.25, 0.3) is 0 Å². The van der Waals surface area contributed by atoms with Gasteiger partial charge in [-0.1, -0.05) is 56.8 Å². The summed E-state index contributed by atoms with van der Waals surface area (Å²) in [6.45, 7) is 6.53. The molecule has 0 saturated heterocycles. The molecule has 0 spiro atoms. The van der Waals surface area contributed by atoms with Gasteiger partial charge in [0, 0.05) is 18.2 Å². The summed E-state index contributed by atoms with van der Waals surface area (Å²) in [6.07, 6.45) is 0.906. The van der Waals surface area contributed by atoms with E-state index in [1.165, 1.54) is 22.7 Å². The molecule has 0 aliphatic heterocycles. The fourth-order valence-corrected chi connectivity index (χ4v) is 3.92. The van der Waals surface area contributed by atoms with E-state index in [2.05, 4.69) is 59.7 Å². The molecule has 3 nitrogen and oxygen atoms in total. The van der Waals surface area contributed by atoms with Crippen LogP contribution in [0.5, 0.6) is 0 Å². The highest BCUT2D eigenvalue weighted by molar-refractivity contribution is 8.00. The average molecular weight is 322 g/mol. The Morgan fingerprint density at radius 2 is 1.86 bits per heavy atom. The monoisotopic (exact) mass is 321 g/mol. The maximum Gasteiger partial charge on any atom is 0.170 e. The van der Waals surface area contributed by atoms with Crippen LogP contribution in [0.1, 0.15) is 49.7 Å². The number of aromatic nitrogens is 2. The summed E-state index contributed by atoms with van der Waals surface area (Å²) >= 11 is 3.28. The molecule has 1 aromatic heterocycles. The van der Waals surface area contributed by atoms with Crippen molar-refractivity contribution in [3.63, 3.8) is 0 Å². The second-order valence-electron chi connectivity index (χ2n) is 5.30. The summed E-state index contributed by atoms with van der Waals surface area (Å²) in [4.78, 5) is 4.51. The van der Waals surface area contributed by atoms with Gasteiger partial charge in [-0.2, -0.15) is 4.37 Å². The Hall–Kier alpha value is -0.910. The zero-order chi connectivity index (χ0) is 15.2. The van der Waals surface area contributed by atoms with Crippen LogP contribution in [0, 0.1) is 0 Å². The number of thioether (sulfide) groups is 1. The van der Waals surface area contributed by atoms with Gasteiger partial charge in [0.1, 0.15) is 5.82 Å². The van der Waals surface area contributed by atoms with Gasteiger partial charge < -0.3 is 5.32 Å². The number of aryl methyl sites for hydroxylation is 1. The Kier molecular flexibility index (Phi) is 6.21. The van der Waals surface area contributed by atoms with Crippen LogP contribution in [0.2, 0.25) is 0 Å². The molecule has 2 rings (SSSR count). The van der Waals surface area contributed by atoms with Gasteiger partial charge in [0.25, 0.3) is 0 Å². The van der Waals surface area contributed by atoms with Gasteiger partial charge in [-0.05, 0) is 35.6 Å². The SMILES string of the molecule is CCc1nsc(SCC(NC)c2ccc(C(C)C)cc2)n1. The van der Waals surface area contributed by atoms with Crippen molar-refractivity contribution in [3.8, 4) is 0 Å². The van der Waals surface area contributed by atoms with Crippen LogP contribution < -0.4 is 5.32 Å². The lowest BCUT2D eigenvalue weighted by Gasteiger charge is -2.16. The molecule has 1 aromatic carbocycles. The molecule has 1 heterocycles. The van der Waals surface area contributed by atoms with Gasteiger partial charge >= 0.3 is 0 Å². The summed E-state index contributed by atoms with van der Waals surface area (Å²) in [5.74, 6) is 2.50. The van der Waals surface area contributed by atoms with E-state index in [1.807, 2.05) is 7.05 Å². The van der Waals surface area contributed by atoms with E-state index in [1.54, 1.807) is 11.8 Å². The van der Waals surface area contributed by atoms with Crippen LogP contribution in [0.3, 0.4) is 0 Å². The van der Waals surface area contributed by atoms with Crippen LogP contribution in [0.4, 0.5) is 0 Å². The zero-order valence-electron chi connectivity index (χ0n) is 13.1. The average Bonchev–Trinajstić information content (AvgIpc) is 2.96. The molecule has 0 amide bonds. The molecular formula is C16H23N3S2. The second-order valence-corrected chi connectivity index (χ2v) is 7.32. The molecule has 1 N–H and O–H groups in total. The first-order valence-corrected chi connectivity index (χ1v) is 9.12. The Balaban J connectivity index is 1.98. The first kappa shape index (κ1) is 16.5. The van der Waals surface area contributed by atoms with Crippen molar-refractivity contribution in [1.29, 1.82) is 0 Å². The number of benzene rings is 1. The minimum absolute atomic E-state index is 0.338. The molecule has 0 fully saturated rings. The van der Waals surface area contributed by atoms with Crippen LogP contribution in [-0.2, 0) is 6.42 Å². The third-order valence-corrected chi connectivity index (χ3v) is 5.46. The highest BCUT2D eigenvalue weighted by Gasteiger charge is 2.12. The summed E-state index contributed by atoms with van der Waals surface area (Å²) in [7, 11) is 2.01. The molecule has 1 atom stereocenters. The van der Waals surface area contributed by atoms with E-state index < -0.39 is 0 Å². The van der Waals surface area contributed by atoms with E-state index in [4.69, 9.17) is 0 Å². The van der Waals surface area contributed by atoms with Gasteiger partial charge in [-0.15, -0.1) is 0 Å². The fourth-order valence-electron chi connectivity index (χ4n) is 2.05. The molecule has 21 heavy (non-hydrogen) atoms. The zero-order valence-corrected chi connectivity index (χ0v) is 14.7. The highest BCUT2D eigenvalue weighted by Crippen LogP contribution is 2.27. The quantitative estimate of drug-likeness (QED) is 0.773. The van der Waals surface area contributed by atoms with Crippen molar-refractivity contribution in [2.45, 2.75) is 43.5 Å². The fraction of sp³-hybridized carbons (Fsp3) is 0.500. The maximum atomic E-state index is 4.51. The number of nitrogens with one attached hydrogen (secondary N) is 1. The summed E-state index contributed by atoms with van der Waals surface area (Å²) < 4.78 is 5.39. The Morgan fingerprint density at radius 3 is 2.38 bits per heavy atom. The lowest BCUT2D eigenvalue weighted by Crippen LogP contribution is -2.18. The summed E-state index contributed by atoms with van der Waals surface area (Å²) in [5.41, 5.74) is 2.72. The molecule has 0 radical (unpaired) electrons. The van der Waals surface area contributed by atoms with E-state index in [-0.39, 0.29) is 0 Å². The number of nitrogens with zero attached hydrogens (tertiary/aromatic N) is 2. The molecule has 0 aliphatic rings. The lowest BCUT2D eigenvalue weighted by molar-refractivity contribution is 0.661. The Labute approximate surface area is 135 Å². The van der Waals surface area contributed by atoms with E-state index in [9.17, 15) is 0 Å². The standard InChI is InChI=1S/C16H23N3S2/c1-5-15-18-16(21-19-15)20-10-14(17-4)13-8-6-12(7-9-13)11(2)3/h6-9,11,14,17H,5,10H2,1-4H3. The Morgan fingerprint density at radius 1 is 1.19 bits per heavy atom. The highest BCUT2D eigenvalue weighted by atomic mass is 32.2. The maximum absolute atomic E-state index is 4.51. The van der Waals surface area contributed by atoms with Gasteiger partial charge in [0.2, 0.25) is 0 Å². The first-order valence-electron chi connectivity index (χ1n) is 7.36. The number of rotatable bonds is 7. The molecule has 0 bridgehead atoms. The predicted octanol–water partition coefficient (Wildman–Crippen LogP) is 4.28. The largest absolute Gasteiger partial charge is 0.312 e. The second kappa shape index (κ2) is 7.92. The smallest absolute Gasteiger partial charge is 0.170 e. The summed E-state index contributed by atoms with van der Waals surface area (Å²) in [6, 6.07) is 9.26. The van der Waals surface area contributed by atoms with Crippen LogP contribution in [-0.4, -0.2) is 22.2 Å². The van der Waals surface area contributed by atoms with Crippen molar-refractivity contribution in [3.05, 3.63) is 41.2 Å². The van der Waals surface area contributed by atoms with Crippen LogP contribution >= 0.6 is 23.3 Å². The van der Waals surface area contributed by atoms with Crippen molar-refractivity contribution in [2.75, 3.05) is 12.8 Å². The third-order valence-electron chi connectivity index (χ3n) is 3.49. The topological polar surface area (TPSA) is 37.8 Å². The molecule has 0 aliphatic carbocycles. The molecule has 5 heteroatoms. The number of hydrogen-bond donors (Lipinski definition) is 1. The molecular weight excluding hydrogens is 298 g/mol. The van der Waals surface area contributed by atoms with E-state index in [0.29, 0.717) is 12.0 Å². The third kappa shape index (κ3) is 4.53. The molecule has 1 unspecified atom stereocenters. The van der Waals surface area contributed by atoms with Crippen LogP contribution in [0.15, 0.2) is 28.6 Å². The summed E-state index contributed by atoms with van der Waals surface area (Å²) in [5, 5.41) is 3.39. The van der Waals surface area contributed by atoms with E-state index >= 15 is 0 Å². The molecule has 0 saturated carbocycles. The molecule has 114 valence electrons. The van der Waals surface area contributed by atoms with Crippen molar-refractivity contribution in [1.82, 2.24) is 14.7 Å². The Bertz CT molecular complexity index is 549. The van der Waals surface area contributed by atoms with Gasteiger partial charge in [-0.25, -0.2) is 4.98 Å². The minimum Gasteiger partial charge on any atom is -0.312 e. The van der Waals surface area contributed by atoms with E-state index in [0.717, 1.165) is 22.3 Å². The lowest BCUT2D eigenvalue weighted by atomic mass is 10.00. The van der Waals surface area contributed by atoms with Gasteiger partial charge in [0.05, 0.1) is 0 Å². The minimum atomic E-state index is 0.338. The predicted molar refractivity (Wildman–Crippen MR) is 92.3 cm³/mol. The molecule has 2 aromatic rings. The van der Waals surface area contributed by atoms with Crippen molar-refractivity contribution >= 4 is 23.3 Å². The van der Waals surface area contributed by atoms with Gasteiger partial charge in [0.15, 0.2) is 4.34 Å². The number of hydrogen-bond acceptors (Lipinski definition) is 5. The van der Waals surface area contributed by atoms with Crippen molar-refractivity contribution < 1.29 is 0 Å². The normalized spacial score (nSPS) is 12.8. The first-order chi connectivity index (χ1) is 10.1. The van der Waals surface area contributed by atoms with Crippen molar-refractivity contribution in [2.24, 2.45) is 0 Å². The van der Waals surface area contributed by atoms with Gasteiger partial charge in [-0.3, -0.25) is 0 Å².